The molecule has 1 N–H and O–H groups in total. The third-order valence-corrected chi connectivity index (χ3v) is 3.60. The fraction of sp³-hybridized carbons (Fsp3) is 0.250. The Kier molecular flexibility index (Phi) is 3.03. The first-order valence-corrected chi connectivity index (χ1v) is 6.31. The van der Waals surface area contributed by atoms with Crippen LogP contribution in [-0.2, 0) is 13.0 Å². The Bertz CT molecular complexity index is 533. The maximum atomic E-state index is 5.19. The van der Waals surface area contributed by atoms with Gasteiger partial charge in [-0.25, -0.2) is 0 Å². The average molecular weight is 239 g/mol. The summed E-state index contributed by atoms with van der Waals surface area (Å²) in [7, 11) is 1.70. The van der Waals surface area contributed by atoms with E-state index in [1.807, 2.05) is 12.1 Å². The second-order valence-corrected chi connectivity index (χ2v) is 4.68. The molecule has 18 heavy (non-hydrogen) atoms. The molecule has 0 saturated heterocycles. The fourth-order valence-electron chi connectivity index (χ4n) is 2.53. The van der Waals surface area contributed by atoms with Crippen LogP contribution in [0.4, 0.5) is 0 Å². The molecule has 1 atom stereocenters. The van der Waals surface area contributed by atoms with Crippen LogP contribution in [0.3, 0.4) is 0 Å². The van der Waals surface area contributed by atoms with Crippen molar-refractivity contribution in [3.63, 3.8) is 0 Å². The number of nitrogens with one attached hydrogen (secondary N) is 1. The van der Waals surface area contributed by atoms with E-state index < -0.39 is 0 Å². The second kappa shape index (κ2) is 4.83. The molecule has 0 bridgehead atoms. The zero-order valence-electron chi connectivity index (χ0n) is 10.5. The molecule has 92 valence electrons. The molecule has 2 aromatic rings. The van der Waals surface area contributed by atoms with E-state index in [9.17, 15) is 0 Å². The summed E-state index contributed by atoms with van der Waals surface area (Å²) in [6, 6.07) is 17.4. The Morgan fingerprint density at radius 3 is 2.44 bits per heavy atom. The van der Waals surface area contributed by atoms with Gasteiger partial charge in [0.25, 0.3) is 0 Å². The highest BCUT2D eigenvalue weighted by atomic mass is 16.5. The van der Waals surface area contributed by atoms with Crippen LogP contribution in [0.1, 0.15) is 22.7 Å². The van der Waals surface area contributed by atoms with Crippen LogP contribution in [0.15, 0.2) is 48.5 Å². The van der Waals surface area contributed by atoms with Gasteiger partial charge in [-0.1, -0.05) is 36.4 Å². The van der Waals surface area contributed by atoms with Crippen molar-refractivity contribution in [1.29, 1.82) is 0 Å². The van der Waals surface area contributed by atoms with E-state index in [1.54, 1.807) is 7.11 Å². The first-order chi connectivity index (χ1) is 8.86. The average Bonchev–Trinajstić information content (AvgIpc) is 2.47. The van der Waals surface area contributed by atoms with Gasteiger partial charge in [0.2, 0.25) is 0 Å². The first-order valence-electron chi connectivity index (χ1n) is 6.31. The van der Waals surface area contributed by atoms with Crippen LogP contribution in [-0.4, -0.2) is 7.11 Å². The molecule has 1 unspecified atom stereocenters. The molecule has 1 heterocycles. The Morgan fingerprint density at radius 2 is 1.72 bits per heavy atom. The largest absolute Gasteiger partial charge is 0.497 e. The van der Waals surface area contributed by atoms with Gasteiger partial charge in [-0.3, -0.25) is 0 Å². The number of methoxy groups -OCH3 is 1. The maximum absolute atomic E-state index is 5.19. The van der Waals surface area contributed by atoms with Gasteiger partial charge in [-0.05, 0) is 35.2 Å². The van der Waals surface area contributed by atoms with Gasteiger partial charge >= 0.3 is 0 Å². The van der Waals surface area contributed by atoms with Crippen molar-refractivity contribution < 1.29 is 4.74 Å². The summed E-state index contributed by atoms with van der Waals surface area (Å²) in [6.07, 6.45) is 1.06. The van der Waals surface area contributed by atoms with E-state index >= 15 is 0 Å². The van der Waals surface area contributed by atoms with Crippen molar-refractivity contribution in [3.05, 3.63) is 65.2 Å². The van der Waals surface area contributed by atoms with Crippen molar-refractivity contribution in [3.8, 4) is 5.75 Å². The normalized spacial score (nSPS) is 18.2. The van der Waals surface area contributed by atoms with Crippen molar-refractivity contribution in [1.82, 2.24) is 5.32 Å². The fourth-order valence-corrected chi connectivity index (χ4v) is 2.53. The van der Waals surface area contributed by atoms with Crippen LogP contribution >= 0.6 is 0 Å². The Balaban J connectivity index is 1.82. The van der Waals surface area contributed by atoms with Crippen LogP contribution in [0.2, 0.25) is 0 Å². The van der Waals surface area contributed by atoms with Crippen molar-refractivity contribution >= 4 is 0 Å². The van der Waals surface area contributed by atoms with E-state index in [1.165, 1.54) is 16.7 Å². The molecule has 2 heteroatoms. The van der Waals surface area contributed by atoms with Crippen LogP contribution in [0.25, 0.3) is 0 Å². The molecule has 0 amide bonds. The number of ether oxygens (including phenoxy) is 1. The minimum atomic E-state index is 0.408. The van der Waals surface area contributed by atoms with Crippen molar-refractivity contribution in [2.45, 2.75) is 19.0 Å². The number of hydrogen-bond donors (Lipinski definition) is 1. The van der Waals surface area contributed by atoms with Gasteiger partial charge in [-0.15, -0.1) is 0 Å². The van der Waals surface area contributed by atoms with Crippen molar-refractivity contribution in [2.24, 2.45) is 0 Å². The highest BCUT2D eigenvalue weighted by Gasteiger charge is 2.18. The third kappa shape index (κ3) is 2.12. The van der Waals surface area contributed by atoms with E-state index in [0.717, 1.165) is 18.7 Å². The lowest BCUT2D eigenvalue weighted by atomic mass is 9.92. The summed E-state index contributed by atoms with van der Waals surface area (Å²) in [4.78, 5) is 0. The molecule has 0 radical (unpaired) electrons. The number of rotatable bonds is 2. The summed E-state index contributed by atoms with van der Waals surface area (Å²) in [6.45, 7) is 0.951. The summed E-state index contributed by atoms with van der Waals surface area (Å²) < 4.78 is 5.19. The number of hydrogen-bond acceptors (Lipinski definition) is 2. The molecule has 0 aromatic heterocycles. The molecule has 0 fully saturated rings. The Morgan fingerprint density at radius 1 is 1.00 bits per heavy atom. The molecule has 3 rings (SSSR count). The zero-order valence-corrected chi connectivity index (χ0v) is 10.5. The lowest BCUT2D eigenvalue weighted by molar-refractivity contribution is 0.414. The van der Waals surface area contributed by atoms with Crippen LogP contribution in [0.5, 0.6) is 5.75 Å². The second-order valence-electron chi connectivity index (χ2n) is 4.68. The van der Waals surface area contributed by atoms with Gasteiger partial charge in [0, 0.05) is 12.6 Å². The maximum Gasteiger partial charge on any atom is 0.118 e. The van der Waals surface area contributed by atoms with Gasteiger partial charge < -0.3 is 10.1 Å². The highest BCUT2D eigenvalue weighted by molar-refractivity contribution is 5.35. The molecule has 1 aliphatic heterocycles. The Hall–Kier alpha value is -1.80. The number of benzene rings is 2. The Labute approximate surface area is 108 Å². The van der Waals surface area contributed by atoms with Gasteiger partial charge in [-0.2, -0.15) is 0 Å². The third-order valence-electron chi connectivity index (χ3n) is 3.60. The predicted octanol–water partition coefficient (Wildman–Crippen LogP) is 3.08. The minimum absolute atomic E-state index is 0.408. The lowest BCUT2D eigenvalue weighted by Crippen LogP contribution is -2.28. The smallest absolute Gasteiger partial charge is 0.118 e. The van der Waals surface area contributed by atoms with Gasteiger partial charge in [0.1, 0.15) is 5.75 Å². The summed E-state index contributed by atoms with van der Waals surface area (Å²) in [5.74, 6) is 0.912. The van der Waals surface area contributed by atoms with Crippen molar-refractivity contribution in [2.75, 3.05) is 7.11 Å². The summed E-state index contributed by atoms with van der Waals surface area (Å²) >= 11 is 0. The highest BCUT2D eigenvalue weighted by Crippen LogP contribution is 2.26. The van der Waals surface area contributed by atoms with Gasteiger partial charge in [0.05, 0.1) is 7.11 Å². The molecule has 0 saturated carbocycles. The lowest BCUT2D eigenvalue weighted by Gasteiger charge is -2.26. The van der Waals surface area contributed by atoms with Gasteiger partial charge in [0.15, 0.2) is 0 Å². The standard InChI is InChI=1S/C16H17NO/c1-18-15-8-6-12(7-9-15)16-10-13-4-2-3-5-14(13)11-17-16/h2-9,16-17H,10-11H2,1H3. The van der Waals surface area contributed by atoms with E-state index in [0.29, 0.717) is 6.04 Å². The van der Waals surface area contributed by atoms with E-state index in [-0.39, 0.29) is 0 Å². The topological polar surface area (TPSA) is 21.3 Å². The molecule has 0 spiro atoms. The molecular weight excluding hydrogens is 222 g/mol. The van der Waals surface area contributed by atoms with Crippen LogP contribution < -0.4 is 10.1 Å². The molecule has 1 aliphatic rings. The molecule has 2 aromatic carbocycles. The molecule has 0 aliphatic carbocycles. The SMILES string of the molecule is COc1ccc(C2Cc3ccccc3CN2)cc1. The molecular formula is C16H17NO. The summed E-state index contributed by atoms with van der Waals surface area (Å²) in [5, 5.41) is 3.59. The number of fused-ring (bicyclic) bond motifs is 1. The molecule has 2 nitrogen and oxygen atoms in total. The van der Waals surface area contributed by atoms with E-state index in [4.69, 9.17) is 4.74 Å². The quantitative estimate of drug-likeness (QED) is 0.869. The van der Waals surface area contributed by atoms with E-state index in [2.05, 4.69) is 41.7 Å². The monoisotopic (exact) mass is 239 g/mol. The predicted molar refractivity (Wildman–Crippen MR) is 72.7 cm³/mol. The zero-order chi connectivity index (χ0) is 12.4. The minimum Gasteiger partial charge on any atom is -0.497 e. The van der Waals surface area contributed by atoms with Crippen LogP contribution in [0, 0.1) is 0 Å². The summed E-state index contributed by atoms with van der Waals surface area (Å²) in [5.41, 5.74) is 4.20. The first kappa shape index (κ1) is 11.3.